The van der Waals surface area contributed by atoms with Gasteiger partial charge in [-0.1, -0.05) is 46.3 Å². The minimum absolute atomic E-state index is 0.134. The number of hydrogen-bond acceptors (Lipinski definition) is 3. The summed E-state index contributed by atoms with van der Waals surface area (Å²) in [5.41, 5.74) is 2.87. The minimum atomic E-state index is -3.92. The first-order valence-electron chi connectivity index (χ1n) is 8.97. The van der Waals surface area contributed by atoms with Crippen molar-refractivity contribution in [3.8, 4) is 0 Å². The molecule has 1 amide bonds. The predicted octanol–water partition coefficient (Wildman–Crippen LogP) is 4.90. The van der Waals surface area contributed by atoms with Crippen molar-refractivity contribution in [1.29, 1.82) is 0 Å². The van der Waals surface area contributed by atoms with Crippen molar-refractivity contribution in [1.82, 2.24) is 0 Å². The molecule has 5 nitrogen and oxygen atoms in total. The van der Waals surface area contributed by atoms with E-state index in [0.717, 1.165) is 19.9 Å². The van der Waals surface area contributed by atoms with Crippen molar-refractivity contribution >= 4 is 43.2 Å². The van der Waals surface area contributed by atoms with Crippen LogP contribution < -0.4 is 9.62 Å². The third-order valence-electron chi connectivity index (χ3n) is 4.22. The number of halogens is 1. The van der Waals surface area contributed by atoms with E-state index in [4.69, 9.17) is 0 Å². The second kappa shape index (κ2) is 8.80. The second-order valence-electron chi connectivity index (χ2n) is 6.73. The Hall–Kier alpha value is -2.64. The number of aryl methyl sites for hydroxylation is 2. The van der Waals surface area contributed by atoms with Crippen LogP contribution in [0.25, 0.3) is 0 Å². The molecule has 0 saturated carbocycles. The molecule has 0 radical (unpaired) electrons. The average Bonchev–Trinajstić information content (AvgIpc) is 2.66. The number of benzene rings is 3. The summed E-state index contributed by atoms with van der Waals surface area (Å²) < 4.78 is 28.6. The highest BCUT2D eigenvalue weighted by Crippen LogP contribution is 2.26. The Labute approximate surface area is 179 Å². The highest BCUT2D eigenvalue weighted by atomic mass is 79.9. The summed E-state index contributed by atoms with van der Waals surface area (Å²) in [6.07, 6.45) is 0. The molecular formula is C22H21BrN2O3S. The maximum Gasteiger partial charge on any atom is 0.264 e. The van der Waals surface area contributed by atoms with E-state index in [2.05, 4.69) is 21.2 Å². The third kappa shape index (κ3) is 5.25. The van der Waals surface area contributed by atoms with Gasteiger partial charge in [0.15, 0.2) is 0 Å². The van der Waals surface area contributed by atoms with E-state index in [1.807, 2.05) is 26.0 Å². The van der Waals surface area contributed by atoms with E-state index in [-0.39, 0.29) is 11.4 Å². The molecule has 3 aromatic rings. The molecule has 3 rings (SSSR count). The molecule has 0 aliphatic heterocycles. The Morgan fingerprint density at radius 1 is 0.931 bits per heavy atom. The van der Waals surface area contributed by atoms with Crippen LogP contribution in [0.15, 0.2) is 82.2 Å². The van der Waals surface area contributed by atoms with Crippen LogP contribution in [0, 0.1) is 13.8 Å². The van der Waals surface area contributed by atoms with Crippen LogP contribution in [0.5, 0.6) is 0 Å². The predicted molar refractivity (Wildman–Crippen MR) is 120 cm³/mol. The summed E-state index contributed by atoms with van der Waals surface area (Å²) in [4.78, 5) is 12.9. The summed E-state index contributed by atoms with van der Waals surface area (Å²) in [6.45, 7) is 3.45. The molecule has 0 unspecified atom stereocenters. The molecule has 0 aliphatic rings. The lowest BCUT2D eigenvalue weighted by Gasteiger charge is -2.25. The van der Waals surface area contributed by atoms with Crippen LogP contribution in [0.4, 0.5) is 11.4 Å². The van der Waals surface area contributed by atoms with Crippen LogP contribution in [0.2, 0.25) is 0 Å². The Balaban J connectivity index is 1.98. The van der Waals surface area contributed by atoms with Gasteiger partial charge in [0.25, 0.3) is 10.0 Å². The lowest BCUT2D eigenvalue weighted by Crippen LogP contribution is -2.38. The molecule has 0 spiro atoms. The van der Waals surface area contributed by atoms with Gasteiger partial charge in [-0.3, -0.25) is 9.10 Å². The number of amides is 1. The summed E-state index contributed by atoms with van der Waals surface area (Å²) >= 11 is 3.36. The van der Waals surface area contributed by atoms with E-state index in [1.54, 1.807) is 48.5 Å². The first-order chi connectivity index (χ1) is 13.8. The first-order valence-corrected chi connectivity index (χ1v) is 11.2. The number of carbonyl (C=O) groups is 1. The van der Waals surface area contributed by atoms with Crippen LogP contribution >= 0.6 is 15.9 Å². The fourth-order valence-electron chi connectivity index (χ4n) is 3.03. The smallest absolute Gasteiger partial charge is 0.264 e. The molecule has 0 heterocycles. The van der Waals surface area contributed by atoms with Crippen molar-refractivity contribution < 1.29 is 13.2 Å². The van der Waals surface area contributed by atoms with Gasteiger partial charge in [0.1, 0.15) is 6.54 Å². The number of nitrogens with one attached hydrogen (secondary N) is 1. The summed E-state index contributed by atoms with van der Waals surface area (Å²) in [5, 5.41) is 2.76. The molecule has 1 N–H and O–H groups in total. The van der Waals surface area contributed by atoms with Crippen LogP contribution in [-0.2, 0) is 14.8 Å². The lowest BCUT2D eigenvalue weighted by molar-refractivity contribution is -0.114. The van der Waals surface area contributed by atoms with Gasteiger partial charge in [-0.15, -0.1) is 0 Å². The molecule has 7 heteroatoms. The summed E-state index contributed by atoms with van der Waals surface area (Å²) in [7, 11) is -3.92. The van der Waals surface area contributed by atoms with E-state index < -0.39 is 15.9 Å². The number of anilines is 2. The van der Waals surface area contributed by atoms with Crippen LogP contribution in [-0.4, -0.2) is 20.9 Å². The van der Waals surface area contributed by atoms with Gasteiger partial charge < -0.3 is 5.32 Å². The maximum atomic E-state index is 13.3. The van der Waals surface area contributed by atoms with Gasteiger partial charge in [0.2, 0.25) is 5.91 Å². The number of carbonyl (C=O) groups excluding carboxylic acids is 1. The van der Waals surface area contributed by atoms with E-state index in [0.29, 0.717) is 11.4 Å². The van der Waals surface area contributed by atoms with Gasteiger partial charge in [-0.2, -0.15) is 0 Å². The van der Waals surface area contributed by atoms with Gasteiger partial charge in [-0.25, -0.2) is 8.42 Å². The molecule has 0 bridgehead atoms. The van der Waals surface area contributed by atoms with Crippen LogP contribution in [0.3, 0.4) is 0 Å². The quantitative estimate of drug-likeness (QED) is 0.554. The largest absolute Gasteiger partial charge is 0.324 e. The summed E-state index contributed by atoms with van der Waals surface area (Å²) in [6, 6.07) is 20.7. The first kappa shape index (κ1) is 21.1. The standard InChI is InChI=1S/C22H21BrN2O3S/c1-16-11-17(2)13-20(12-16)25(29(27,28)21-9-4-3-5-10-21)15-22(26)24-19-8-6-7-18(23)14-19/h3-14H,15H2,1-2H3,(H,24,26). The topological polar surface area (TPSA) is 66.5 Å². The molecule has 0 saturated heterocycles. The normalized spacial score (nSPS) is 11.1. The molecular weight excluding hydrogens is 452 g/mol. The molecule has 0 atom stereocenters. The molecule has 29 heavy (non-hydrogen) atoms. The fraction of sp³-hybridized carbons (Fsp3) is 0.136. The Morgan fingerprint density at radius 2 is 1.59 bits per heavy atom. The van der Waals surface area contributed by atoms with Gasteiger partial charge in [0, 0.05) is 10.2 Å². The van der Waals surface area contributed by atoms with Crippen molar-refractivity contribution in [3.05, 3.63) is 88.4 Å². The van der Waals surface area contributed by atoms with Crippen molar-refractivity contribution in [2.45, 2.75) is 18.7 Å². The molecule has 0 aliphatic carbocycles. The number of rotatable bonds is 6. The zero-order chi connectivity index (χ0) is 21.0. The van der Waals surface area contributed by atoms with E-state index in [1.165, 1.54) is 12.1 Å². The fourth-order valence-corrected chi connectivity index (χ4v) is 4.85. The molecule has 150 valence electrons. The zero-order valence-electron chi connectivity index (χ0n) is 16.1. The Kier molecular flexibility index (Phi) is 6.39. The zero-order valence-corrected chi connectivity index (χ0v) is 18.5. The third-order valence-corrected chi connectivity index (χ3v) is 6.50. The van der Waals surface area contributed by atoms with Gasteiger partial charge in [0.05, 0.1) is 10.6 Å². The minimum Gasteiger partial charge on any atom is -0.324 e. The number of nitrogens with zero attached hydrogens (tertiary/aromatic N) is 1. The Bertz CT molecular complexity index is 1110. The summed E-state index contributed by atoms with van der Waals surface area (Å²) in [5.74, 6) is -0.429. The van der Waals surface area contributed by atoms with E-state index in [9.17, 15) is 13.2 Å². The number of hydrogen-bond donors (Lipinski definition) is 1. The highest BCUT2D eigenvalue weighted by Gasteiger charge is 2.27. The maximum absolute atomic E-state index is 13.3. The van der Waals surface area contributed by atoms with Gasteiger partial charge in [-0.05, 0) is 67.4 Å². The van der Waals surface area contributed by atoms with Crippen molar-refractivity contribution in [3.63, 3.8) is 0 Å². The highest BCUT2D eigenvalue weighted by molar-refractivity contribution is 9.10. The van der Waals surface area contributed by atoms with Gasteiger partial charge >= 0.3 is 0 Å². The van der Waals surface area contributed by atoms with Crippen LogP contribution in [0.1, 0.15) is 11.1 Å². The number of sulfonamides is 1. The molecule has 3 aromatic carbocycles. The average molecular weight is 473 g/mol. The SMILES string of the molecule is Cc1cc(C)cc(N(CC(=O)Nc2cccc(Br)c2)S(=O)(=O)c2ccccc2)c1. The molecule has 0 fully saturated rings. The van der Waals surface area contributed by atoms with Crippen molar-refractivity contribution in [2.75, 3.05) is 16.2 Å². The second-order valence-corrected chi connectivity index (χ2v) is 9.51. The lowest BCUT2D eigenvalue weighted by atomic mass is 10.1. The Morgan fingerprint density at radius 3 is 2.21 bits per heavy atom. The molecule has 0 aromatic heterocycles. The van der Waals surface area contributed by atoms with E-state index >= 15 is 0 Å². The van der Waals surface area contributed by atoms with Crippen molar-refractivity contribution in [2.24, 2.45) is 0 Å². The monoisotopic (exact) mass is 472 g/mol.